The summed E-state index contributed by atoms with van der Waals surface area (Å²) < 4.78 is 5.36. The van der Waals surface area contributed by atoms with Crippen molar-refractivity contribution in [3.8, 4) is 0 Å². The highest BCUT2D eigenvalue weighted by atomic mass is 16.6. The third kappa shape index (κ3) is 9.47. The second-order valence-electron chi connectivity index (χ2n) is 9.09. The Labute approximate surface area is 169 Å². The first kappa shape index (κ1) is 24.3. The van der Waals surface area contributed by atoms with Crippen molar-refractivity contribution in [1.29, 1.82) is 0 Å². The lowest BCUT2D eigenvalue weighted by Crippen LogP contribution is -2.47. The quantitative estimate of drug-likeness (QED) is 0.449. The Bertz CT molecular complexity index is 544. The van der Waals surface area contributed by atoms with Gasteiger partial charge in [0.05, 0.1) is 6.42 Å². The summed E-state index contributed by atoms with van der Waals surface area (Å²) >= 11 is 0. The number of rotatable bonds is 10. The molecule has 1 aliphatic carbocycles. The van der Waals surface area contributed by atoms with Gasteiger partial charge in [-0.25, -0.2) is 0 Å². The molecular formula is C22H37NO5. The Morgan fingerprint density at radius 3 is 2.07 bits per heavy atom. The Morgan fingerprint density at radius 1 is 1.00 bits per heavy atom. The summed E-state index contributed by atoms with van der Waals surface area (Å²) in [4.78, 5) is 48.3. The molecule has 0 aromatic carbocycles. The number of Topliss-reactive ketones (excluding diaryl/α,β-unsaturated/α-hetero) is 2. The van der Waals surface area contributed by atoms with Crippen LogP contribution >= 0.6 is 0 Å². The van der Waals surface area contributed by atoms with E-state index in [9.17, 15) is 19.2 Å². The second-order valence-corrected chi connectivity index (χ2v) is 9.09. The molecular weight excluding hydrogens is 358 g/mol. The van der Waals surface area contributed by atoms with Crippen molar-refractivity contribution < 1.29 is 23.9 Å². The molecule has 0 unspecified atom stereocenters. The molecule has 0 aromatic rings. The fraction of sp³-hybridized carbons (Fsp3) is 0.818. The van der Waals surface area contributed by atoms with E-state index in [2.05, 4.69) is 5.32 Å². The zero-order valence-corrected chi connectivity index (χ0v) is 18.1. The largest absolute Gasteiger partial charge is 0.460 e. The van der Waals surface area contributed by atoms with E-state index in [4.69, 9.17) is 4.74 Å². The Kier molecular flexibility index (Phi) is 9.83. The highest BCUT2D eigenvalue weighted by Gasteiger charge is 2.29. The molecule has 0 aromatic heterocycles. The molecule has 1 amide bonds. The van der Waals surface area contributed by atoms with Crippen molar-refractivity contribution >= 4 is 23.4 Å². The lowest BCUT2D eigenvalue weighted by Gasteiger charge is -2.24. The average Bonchev–Trinajstić information content (AvgIpc) is 2.57. The number of hydrogen-bond donors (Lipinski definition) is 1. The van der Waals surface area contributed by atoms with Gasteiger partial charge in [0.25, 0.3) is 0 Å². The van der Waals surface area contributed by atoms with Gasteiger partial charge in [-0.05, 0) is 47.0 Å². The molecule has 1 fully saturated rings. The predicted octanol–water partition coefficient (Wildman–Crippen LogP) is 3.75. The Hall–Kier alpha value is -1.72. The van der Waals surface area contributed by atoms with Crippen molar-refractivity contribution in [3.05, 3.63) is 0 Å². The minimum atomic E-state index is -1.15. The highest BCUT2D eigenvalue weighted by molar-refractivity contribution is 6.07. The first-order chi connectivity index (χ1) is 13.0. The SMILES string of the molecule is CC(=O)C(NC(=O)[C@H](CCCC1CCCCC1)CC(=O)OC(C)(C)C)C(C)=O. The highest BCUT2D eigenvalue weighted by Crippen LogP contribution is 2.29. The fourth-order valence-electron chi connectivity index (χ4n) is 3.79. The number of carbonyl (C=O) groups excluding carboxylic acids is 4. The van der Waals surface area contributed by atoms with Crippen LogP contribution in [0.5, 0.6) is 0 Å². The topological polar surface area (TPSA) is 89.5 Å². The number of esters is 1. The van der Waals surface area contributed by atoms with Crippen LogP contribution < -0.4 is 5.32 Å². The normalized spacial score (nSPS) is 16.5. The van der Waals surface area contributed by atoms with Crippen LogP contribution in [-0.4, -0.2) is 35.1 Å². The van der Waals surface area contributed by atoms with Gasteiger partial charge in [-0.3, -0.25) is 19.2 Å². The van der Waals surface area contributed by atoms with Gasteiger partial charge >= 0.3 is 5.97 Å². The molecule has 0 saturated heterocycles. The van der Waals surface area contributed by atoms with Crippen LogP contribution in [0.25, 0.3) is 0 Å². The van der Waals surface area contributed by atoms with E-state index in [1.54, 1.807) is 20.8 Å². The molecule has 28 heavy (non-hydrogen) atoms. The average molecular weight is 396 g/mol. The maximum atomic E-state index is 12.7. The van der Waals surface area contributed by atoms with Gasteiger partial charge in [-0.2, -0.15) is 0 Å². The standard InChI is InChI=1S/C22H37NO5/c1-15(24)20(16(2)25)23-21(27)18(14-19(26)28-22(3,4)5)13-9-12-17-10-7-6-8-11-17/h17-18,20H,6-14H2,1-5H3,(H,23,27)/t18-/m1/s1. The smallest absolute Gasteiger partial charge is 0.307 e. The molecule has 1 saturated carbocycles. The summed E-state index contributed by atoms with van der Waals surface area (Å²) in [5.74, 6) is -1.57. The number of nitrogens with one attached hydrogen (secondary N) is 1. The zero-order chi connectivity index (χ0) is 21.3. The molecule has 6 heteroatoms. The predicted molar refractivity (Wildman–Crippen MR) is 108 cm³/mol. The molecule has 0 heterocycles. The molecule has 1 N–H and O–H groups in total. The number of hydrogen-bond acceptors (Lipinski definition) is 5. The van der Waals surface area contributed by atoms with Gasteiger partial charge in [-0.1, -0.05) is 44.9 Å². The van der Waals surface area contributed by atoms with Crippen molar-refractivity contribution in [1.82, 2.24) is 5.32 Å². The van der Waals surface area contributed by atoms with Crippen LogP contribution in [0, 0.1) is 11.8 Å². The molecule has 0 aliphatic heterocycles. The summed E-state index contributed by atoms with van der Waals surface area (Å²) in [6.07, 6.45) is 8.70. The van der Waals surface area contributed by atoms with E-state index in [1.165, 1.54) is 46.0 Å². The first-order valence-corrected chi connectivity index (χ1v) is 10.5. The lowest BCUT2D eigenvalue weighted by molar-refractivity contribution is -0.157. The molecule has 6 nitrogen and oxygen atoms in total. The number of amides is 1. The Balaban J connectivity index is 2.71. The minimum absolute atomic E-state index is 0.0453. The van der Waals surface area contributed by atoms with Gasteiger partial charge in [0.1, 0.15) is 11.6 Å². The third-order valence-electron chi connectivity index (χ3n) is 5.19. The maximum absolute atomic E-state index is 12.7. The van der Waals surface area contributed by atoms with Crippen LogP contribution in [0.4, 0.5) is 0 Å². The third-order valence-corrected chi connectivity index (χ3v) is 5.19. The van der Waals surface area contributed by atoms with Crippen molar-refractivity contribution in [2.24, 2.45) is 11.8 Å². The summed E-state index contributed by atoms with van der Waals surface area (Å²) in [7, 11) is 0. The number of ketones is 2. The van der Waals surface area contributed by atoms with Crippen molar-refractivity contribution in [3.63, 3.8) is 0 Å². The van der Waals surface area contributed by atoms with E-state index < -0.39 is 41.0 Å². The number of carbonyl (C=O) groups is 4. The fourth-order valence-corrected chi connectivity index (χ4v) is 3.79. The van der Waals surface area contributed by atoms with Crippen LogP contribution in [0.3, 0.4) is 0 Å². The van der Waals surface area contributed by atoms with Gasteiger partial charge in [0.2, 0.25) is 5.91 Å². The zero-order valence-electron chi connectivity index (χ0n) is 18.1. The lowest BCUT2D eigenvalue weighted by atomic mass is 9.84. The van der Waals surface area contributed by atoms with Crippen LogP contribution in [0.1, 0.15) is 92.4 Å². The van der Waals surface area contributed by atoms with E-state index in [1.807, 2.05) is 0 Å². The van der Waals surface area contributed by atoms with E-state index in [0.29, 0.717) is 12.3 Å². The molecule has 1 aliphatic rings. The van der Waals surface area contributed by atoms with E-state index in [0.717, 1.165) is 12.8 Å². The molecule has 1 rings (SSSR count). The van der Waals surface area contributed by atoms with Crippen molar-refractivity contribution in [2.75, 3.05) is 0 Å². The summed E-state index contributed by atoms with van der Waals surface area (Å²) in [6, 6.07) is -1.15. The molecule has 160 valence electrons. The first-order valence-electron chi connectivity index (χ1n) is 10.5. The maximum Gasteiger partial charge on any atom is 0.307 e. The Morgan fingerprint density at radius 2 is 1.57 bits per heavy atom. The van der Waals surface area contributed by atoms with Crippen LogP contribution in [0.15, 0.2) is 0 Å². The number of ether oxygens (including phenoxy) is 1. The molecule has 0 spiro atoms. The summed E-state index contributed by atoms with van der Waals surface area (Å²) in [5.41, 5.74) is -0.624. The van der Waals surface area contributed by atoms with Gasteiger partial charge < -0.3 is 10.1 Å². The molecule has 0 bridgehead atoms. The minimum Gasteiger partial charge on any atom is -0.460 e. The van der Waals surface area contributed by atoms with Crippen LogP contribution in [0.2, 0.25) is 0 Å². The monoisotopic (exact) mass is 395 g/mol. The summed E-state index contributed by atoms with van der Waals surface area (Å²) in [6.45, 7) is 7.90. The van der Waals surface area contributed by atoms with Crippen LogP contribution in [-0.2, 0) is 23.9 Å². The van der Waals surface area contributed by atoms with Crippen molar-refractivity contribution in [2.45, 2.75) is 104 Å². The van der Waals surface area contributed by atoms with E-state index >= 15 is 0 Å². The van der Waals surface area contributed by atoms with Gasteiger partial charge in [0, 0.05) is 5.92 Å². The molecule has 1 atom stereocenters. The summed E-state index contributed by atoms with van der Waals surface area (Å²) in [5, 5.41) is 2.53. The van der Waals surface area contributed by atoms with E-state index in [-0.39, 0.29) is 6.42 Å². The van der Waals surface area contributed by atoms with Gasteiger partial charge in [-0.15, -0.1) is 0 Å². The van der Waals surface area contributed by atoms with Gasteiger partial charge in [0.15, 0.2) is 11.6 Å². The molecule has 0 radical (unpaired) electrons. The second kappa shape index (κ2) is 11.3.